The molecular formula is C10H16O4. The molecule has 0 aromatic heterocycles. The molecule has 1 aliphatic rings. The number of ether oxygens (including phenoxy) is 1. The summed E-state index contributed by atoms with van der Waals surface area (Å²) in [7, 11) is 0. The monoisotopic (exact) mass is 200 g/mol. The summed E-state index contributed by atoms with van der Waals surface area (Å²) >= 11 is 0. The number of esters is 1. The van der Waals surface area contributed by atoms with Crippen molar-refractivity contribution in [1.29, 1.82) is 0 Å². The third-order valence-electron chi connectivity index (χ3n) is 2.70. The highest BCUT2D eigenvalue weighted by molar-refractivity contribution is 5.81. The van der Waals surface area contributed by atoms with E-state index in [9.17, 15) is 9.59 Å². The quantitative estimate of drug-likeness (QED) is 0.697. The number of hydrogen-bond acceptors (Lipinski definition) is 3. The molecule has 0 spiro atoms. The molecule has 14 heavy (non-hydrogen) atoms. The number of rotatable bonds is 3. The molecule has 80 valence electrons. The zero-order chi connectivity index (χ0) is 10.7. The number of carboxylic acids is 1. The van der Waals surface area contributed by atoms with Gasteiger partial charge in [0.1, 0.15) is 0 Å². The van der Waals surface area contributed by atoms with Crippen LogP contribution in [0, 0.1) is 17.8 Å². The molecule has 4 heteroatoms. The van der Waals surface area contributed by atoms with E-state index in [1.54, 1.807) is 6.92 Å². The fourth-order valence-corrected chi connectivity index (χ4v) is 2.07. The molecule has 1 aliphatic carbocycles. The van der Waals surface area contributed by atoms with Gasteiger partial charge in [-0.25, -0.2) is 0 Å². The van der Waals surface area contributed by atoms with Gasteiger partial charge in [0, 0.05) is 0 Å². The molecule has 3 atom stereocenters. The van der Waals surface area contributed by atoms with Gasteiger partial charge in [0.05, 0.1) is 18.4 Å². The van der Waals surface area contributed by atoms with Crippen molar-refractivity contribution >= 4 is 11.9 Å². The van der Waals surface area contributed by atoms with Gasteiger partial charge in [-0.2, -0.15) is 0 Å². The third-order valence-corrected chi connectivity index (χ3v) is 2.70. The zero-order valence-electron chi connectivity index (χ0n) is 8.53. The number of aliphatic carboxylic acids is 1. The largest absolute Gasteiger partial charge is 0.481 e. The molecule has 0 heterocycles. The predicted molar refractivity (Wildman–Crippen MR) is 49.6 cm³/mol. The molecule has 1 saturated carbocycles. The number of carbonyl (C=O) groups is 2. The Morgan fingerprint density at radius 2 is 1.93 bits per heavy atom. The lowest BCUT2D eigenvalue weighted by molar-refractivity contribution is -0.156. The van der Waals surface area contributed by atoms with E-state index in [0.717, 1.165) is 0 Å². The van der Waals surface area contributed by atoms with Crippen molar-refractivity contribution in [2.45, 2.75) is 26.7 Å². The summed E-state index contributed by atoms with van der Waals surface area (Å²) in [6.07, 6.45) is 1.22. The van der Waals surface area contributed by atoms with Gasteiger partial charge in [-0.1, -0.05) is 6.92 Å². The summed E-state index contributed by atoms with van der Waals surface area (Å²) in [5, 5.41) is 8.91. The van der Waals surface area contributed by atoms with Crippen LogP contribution in [0.15, 0.2) is 0 Å². The average Bonchev–Trinajstić information content (AvgIpc) is 2.48. The highest BCUT2D eigenvalue weighted by Crippen LogP contribution is 2.37. The van der Waals surface area contributed by atoms with E-state index in [0.29, 0.717) is 25.4 Å². The normalized spacial score (nSPS) is 31.4. The third kappa shape index (κ3) is 2.25. The van der Waals surface area contributed by atoms with Crippen LogP contribution in [0.1, 0.15) is 26.7 Å². The van der Waals surface area contributed by atoms with Crippen molar-refractivity contribution in [2.24, 2.45) is 17.8 Å². The zero-order valence-corrected chi connectivity index (χ0v) is 8.53. The molecule has 0 radical (unpaired) electrons. The minimum atomic E-state index is -0.882. The first kappa shape index (κ1) is 11.0. The summed E-state index contributed by atoms with van der Waals surface area (Å²) in [5.74, 6) is -1.94. The van der Waals surface area contributed by atoms with Crippen LogP contribution < -0.4 is 0 Å². The van der Waals surface area contributed by atoms with Crippen molar-refractivity contribution in [3.05, 3.63) is 0 Å². The van der Waals surface area contributed by atoms with Crippen molar-refractivity contribution in [3.8, 4) is 0 Å². The molecule has 4 nitrogen and oxygen atoms in total. The maximum absolute atomic E-state index is 11.4. The van der Waals surface area contributed by atoms with Crippen LogP contribution in [0.2, 0.25) is 0 Å². The predicted octanol–water partition coefficient (Wildman–Crippen LogP) is 1.30. The first-order valence-corrected chi connectivity index (χ1v) is 4.95. The van der Waals surface area contributed by atoms with E-state index in [-0.39, 0.29) is 5.97 Å². The van der Waals surface area contributed by atoms with E-state index in [2.05, 4.69) is 0 Å². The first-order chi connectivity index (χ1) is 6.56. The van der Waals surface area contributed by atoms with Crippen LogP contribution in [-0.2, 0) is 14.3 Å². The number of carboxylic acid groups (broad SMARTS) is 1. The van der Waals surface area contributed by atoms with Gasteiger partial charge in [0.2, 0.25) is 0 Å². The van der Waals surface area contributed by atoms with Gasteiger partial charge >= 0.3 is 11.9 Å². The van der Waals surface area contributed by atoms with Crippen LogP contribution >= 0.6 is 0 Å². The highest BCUT2D eigenvalue weighted by Gasteiger charge is 2.41. The second-order valence-corrected chi connectivity index (χ2v) is 3.88. The summed E-state index contributed by atoms with van der Waals surface area (Å²) in [6, 6.07) is 0. The van der Waals surface area contributed by atoms with Gasteiger partial charge < -0.3 is 9.84 Å². The molecule has 1 N–H and O–H groups in total. The molecule has 0 aromatic rings. The summed E-state index contributed by atoms with van der Waals surface area (Å²) < 4.78 is 4.85. The van der Waals surface area contributed by atoms with Crippen molar-refractivity contribution in [1.82, 2.24) is 0 Å². The molecule has 0 saturated heterocycles. The maximum Gasteiger partial charge on any atom is 0.309 e. The summed E-state index contributed by atoms with van der Waals surface area (Å²) in [6.45, 7) is 4.01. The van der Waals surface area contributed by atoms with Crippen LogP contribution in [0.5, 0.6) is 0 Å². The SMILES string of the molecule is CCOC(=O)[C@H]1CC(C)C[C@H]1C(=O)O. The van der Waals surface area contributed by atoms with Gasteiger partial charge in [0.15, 0.2) is 0 Å². The smallest absolute Gasteiger partial charge is 0.309 e. The maximum atomic E-state index is 11.4. The average molecular weight is 200 g/mol. The Kier molecular flexibility index (Phi) is 3.49. The topological polar surface area (TPSA) is 63.6 Å². The van der Waals surface area contributed by atoms with E-state index in [4.69, 9.17) is 9.84 Å². The molecule has 1 rings (SSSR count). The van der Waals surface area contributed by atoms with E-state index in [1.807, 2.05) is 6.92 Å². The lowest BCUT2D eigenvalue weighted by Crippen LogP contribution is -2.26. The Bertz CT molecular complexity index is 236. The molecule has 1 fully saturated rings. The molecular weight excluding hydrogens is 184 g/mol. The fraction of sp³-hybridized carbons (Fsp3) is 0.800. The number of carbonyl (C=O) groups excluding carboxylic acids is 1. The molecule has 0 bridgehead atoms. The fourth-order valence-electron chi connectivity index (χ4n) is 2.07. The summed E-state index contributed by atoms with van der Waals surface area (Å²) in [5.41, 5.74) is 0. The van der Waals surface area contributed by atoms with E-state index >= 15 is 0 Å². The summed E-state index contributed by atoms with van der Waals surface area (Å²) in [4.78, 5) is 22.3. The van der Waals surface area contributed by atoms with Gasteiger partial charge in [0.25, 0.3) is 0 Å². The first-order valence-electron chi connectivity index (χ1n) is 4.95. The van der Waals surface area contributed by atoms with E-state index < -0.39 is 17.8 Å². The molecule has 0 aliphatic heterocycles. The van der Waals surface area contributed by atoms with Crippen LogP contribution in [0.3, 0.4) is 0 Å². The lowest BCUT2D eigenvalue weighted by atomic mass is 9.96. The second-order valence-electron chi connectivity index (χ2n) is 3.88. The minimum absolute atomic E-state index is 0.297. The lowest BCUT2D eigenvalue weighted by Gasteiger charge is -2.13. The van der Waals surface area contributed by atoms with Crippen molar-refractivity contribution in [2.75, 3.05) is 6.61 Å². The number of hydrogen-bond donors (Lipinski definition) is 1. The standard InChI is InChI=1S/C10H16O4/c1-3-14-10(13)8-5-6(2)4-7(8)9(11)12/h6-8H,3-5H2,1-2H3,(H,11,12)/t6?,7-,8+/m1/s1. The van der Waals surface area contributed by atoms with Gasteiger partial charge in [-0.15, -0.1) is 0 Å². The van der Waals surface area contributed by atoms with Gasteiger partial charge in [-0.05, 0) is 25.7 Å². The van der Waals surface area contributed by atoms with E-state index in [1.165, 1.54) is 0 Å². The van der Waals surface area contributed by atoms with Gasteiger partial charge in [-0.3, -0.25) is 9.59 Å². The van der Waals surface area contributed by atoms with Crippen molar-refractivity contribution < 1.29 is 19.4 Å². The minimum Gasteiger partial charge on any atom is -0.481 e. The Balaban J connectivity index is 2.66. The Morgan fingerprint density at radius 3 is 2.43 bits per heavy atom. The molecule has 0 amide bonds. The Morgan fingerprint density at radius 1 is 1.36 bits per heavy atom. The molecule has 1 unspecified atom stereocenters. The molecule has 0 aromatic carbocycles. The van der Waals surface area contributed by atoms with Crippen LogP contribution in [-0.4, -0.2) is 23.7 Å². The van der Waals surface area contributed by atoms with Crippen LogP contribution in [0.4, 0.5) is 0 Å². The Labute approximate surface area is 83.2 Å². The van der Waals surface area contributed by atoms with Crippen molar-refractivity contribution in [3.63, 3.8) is 0 Å². The second kappa shape index (κ2) is 4.44. The highest BCUT2D eigenvalue weighted by atomic mass is 16.5. The Hall–Kier alpha value is -1.06. The van der Waals surface area contributed by atoms with Crippen LogP contribution in [0.25, 0.3) is 0 Å².